The van der Waals surface area contributed by atoms with E-state index in [1.165, 1.54) is 12.3 Å². The Bertz CT molecular complexity index is 873. The van der Waals surface area contributed by atoms with Gasteiger partial charge in [-0.2, -0.15) is 5.10 Å². The first-order valence-electron chi connectivity index (χ1n) is 7.79. The lowest BCUT2D eigenvalue weighted by Gasteiger charge is -2.04. The van der Waals surface area contributed by atoms with E-state index in [4.69, 9.17) is 9.94 Å². The smallest absolute Gasteiger partial charge is 0.126 e. The fourth-order valence-corrected chi connectivity index (χ4v) is 2.61. The van der Waals surface area contributed by atoms with Gasteiger partial charge in [-0.05, 0) is 29.3 Å². The van der Waals surface area contributed by atoms with Gasteiger partial charge in [-0.1, -0.05) is 35.5 Å². The topological polar surface area (TPSA) is 59.6 Å². The highest BCUT2D eigenvalue weighted by Crippen LogP contribution is 2.16. The molecule has 1 N–H and O–H groups in total. The van der Waals surface area contributed by atoms with Crippen LogP contribution in [0.3, 0.4) is 0 Å². The van der Waals surface area contributed by atoms with E-state index in [2.05, 4.69) is 10.3 Å². The molecule has 1 heterocycles. The number of hydrogen-bond donors (Lipinski definition) is 1. The van der Waals surface area contributed by atoms with Gasteiger partial charge in [0.1, 0.15) is 11.6 Å². The summed E-state index contributed by atoms with van der Waals surface area (Å²) in [4.78, 5) is 0. The average molecular weight is 339 g/mol. The molecular formula is C19H18FN3O2. The summed E-state index contributed by atoms with van der Waals surface area (Å²) < 4.78 is 20.8. The molecule has 1 aromatic heterocycles. The first-order chi connectivity index (χ1) is 12.2. The zero-order chi connectivity index (χ0) is 17.6. The third-order valence-electron chi connectivity index (χ3n) is 3.89. The molecule has 2 aromatic carbocycles. The standard InChI is InChI=1S/C19H18FN3O2/c1-25-17-8-6-14(7-9-17)12-23-13-16(11-21-24)19(22-23)10-15-4-2-3-5-18(15)20/h2-9,11,13,24H,10,12H2,1H3/b21-11+. The van der Waals surface area contributed by atoms with Crippen molar-refractivity contribution in [2.24, 2.45) is 5.16 Å². The number of benzene rings is 2. The minimum absolute atomic E-state index is 0.279. The predicted molar refractivity (Wildman–Crippen MR) is 92.9 cm³/mol. The van der Waals surface area contributed by atoms with Crippen LogP contribution in [0.4, 0.5) is 4.39 Å². The molecule has 128 valence electrons. The molecule has 0 spiro atoms. The van der Waals surface area contributed by atoms with Crippen LogP contribution in [-0.4, -0.2) is 28.3 Å². The Balaban J connectivity index is 1.84. The van der Waals surface area contributed by atoms with Crippen LogP contribution in [0.15, 0.2) is 59.9 Å². The van der Waals surface area contributed by atoms with Crippen molar-refractivity contribution in [1.82, 2.24) is 9.78 Å². The Kier molecular flexibility index (Phi) is 5.09. The molecule has 0 fully saturated rings. The highest BCUT2D eigenvalue weighted by molar-refractivity contribution is 5.80. The summed E-state index contributed by atoms with van der Waals surface area (Å²) in [6.07, 6.45) is 3.41. The molecule has 0 bridgehead atoms. The number of hydrogen-bond acceptors (Lipinski definition) is 4. The van der Waals surface area contributed by atoms with Crippen molar-refractivity contribution in [2.45, 2.75) is 13.0 Å². The minimum atomic E-state index is -0.279. The minimum Gasteiger partial charge on any atom is -0.497 e. The molecule has 0 unspecified atom stereocenters. The SMILES string of the molecule is COc1ccc(Cn2cc(/C=N/O)c(Cc3ccccc3F)n2)cc1. The molecule has 0 aliphatic carbocycles. The number of halogens is 1. The maximum Gasteiger partial charge on any atom is 0.126 e. The van der Waals surface area contributed by atoms with Crippen molar-refractivity contribution in [1.29, 1.82) is 0 Å². The average Bonchev–Trinajstić information content (AvgIpc) is 2.99. The van der Waals surface area contributed by atoms with Gasteiger partial charge < -0.3 is 9.94 Å². The molecule has 0 radical (unpaired) electrons. The second-order valence-corrected chi connectivity index (χ2v) is 5.59. The molecule has 25 heavy (non-hydrogen) atoms. The highest BCUT2D eigenvalue weighted by Gasteiger charge is 2.11. The number of ether oxygens (including phenoxy) is 1. The second-order valence-electron chi connectivity index (χ2n) is 5.59. The highest BCUT2D eigenvalue weighted by atomic mass is 19.1. The molecule has 0 aliphatic rings. The third-order valence-corrected chi connectivity index (χ3v) is 3.89. The van der Waals surface area contributed by atoms with Crippen molar-refractivity contribution in [3.8, 4) is 5.75 Å². The lowest BCUT2D eigenvalue weighted by molar-refractivity contribution is 0.322. The maximum absolute atomic E-state index is 13.9. The van der Waals surface area contributed by atoms with Gasteiger partial charge in [0.05, 0.1) is 25.6 Å². The summed E-state index contributed by atoms with van der Waals surface area (Å²) in [7, 11) is 1.62. The summed E-state index contributed by atoms with van der Waals surface area (Å²) in [6.45, 7) is 0.549. The van der Waals surface area contributed by atoms with Gasteiger partial charge in [-0.25, -0.2) is 4.39 Å². The Morgan fingerprint density at radius 2 is 1.96 bits per heavy atom. The fourth-order valence-electron chi connectivity index (χ4n) is 2.61. The van der Waals surface area contributed by atoms with E-state index < -0.39 is 0 Å². The zero-order valence-electron chi connectivity index (χ0n) is 13.8. The van der Waals surface area contributed by atoms with Crippen LogP contribution in [-0.2, 0) is 13.0 Å². The van der Waals surface area contributed by atoms with E-state index in [1.54, 1.807) is 36.2 Å². The Labute approximate surface area is 145 Å². The fraction of sp³-hybridized carbons (Fsp3) is 0.158. The van der Waals surface area contributed by atoms with Crippen molar-refractivity contribution >= 4 is 6.21 Å². The first kappa shape index (κ1) is 16.7. The van der Waals surface area contributed by atoms with Crippen molar-refractivity contribution < 1.29 is 14.3 Å². The Hall–Kier alpha value is -3.15. The molecule has 0 atom stereocenters. The molecule has 5 nitrogen and oxygen atoms in total. The van der Waals surface area contributed by atoms with Gasteiger partial charge in [-0.3, -0.25) is 4.68 Å². The van der Waals surface area contributed by atoms with Crippen LogP contribution < -0.4 is 4.74 Å². The third kappa shape index (κ3) is 4.03. The molecule has 3 aromatic rings. The lowest BCUT2D eigenvalue weighted by Crippen LogP contribution is -2.02. The van der Waals surface area contributed by atoms with Crippen molar-refractivity contribution in [3.05, 3.63) is 82.9 Å². The Morgan fingerprint density at radius 1 is 1.20 bits per heavy atom. The van der Waals surface area contributed by atoms with Crippen molar-refractivity contribution in [2.75, 3.05) is 7.11 Å². The van der Waals surface area contributed by atoms with Gasteiger partial charge in [0.2, 0.25) is 0 Å². The van der Waals surface area contributed by atoms with E-state index in [0.717, 1.165) is 11.3 Å². The number of rotatable bonds is 6. The molecule has 6 heteroatoms. The van der Waals surface area contributed by atoms with Gasteiger partial charge >= 0.3 is 0 Å². The van der Waals surface area contributed by atoms with Gasteiger partial charge in [0, 0.05) is 18.2 Å². The summed E-state index contributed by atoms with van der Waals surface area (Å²) in [5, 5.41) is 16.5. The van der Waals surface area contributed by atoms with E-state index in [-0.39, 0.29) is 5.82 Å². The van der Waals surface area contributed by atoms with Crippen LogP contribution >= 0.6 is 0 Å². The summed E-state index contributed by atoms with van der Waals surface area (Å²) in [6, 6.07) is 14.3. The molecule has 0 saturated heterocycles. The molecule has 0 aliphatic heterocycles. The summed E-state index contributed by atoms with van der Waals surface area (Å²) >= 11 is 0. The van der Waals surface area contributed by atoms with E-state index in [0.29, 0.717) is 29.8 Å². The molecular weight excluding hydrogens is 321 g/mol. The van der Waals surface area contributed by atoms with E-state index in [1.807, 2.05) is 24.3 Å². The van der Waals surface area contributed by atoms with Crippen LogP contribution in [0.25, 0.3) is 0 Å². The number of oxime groups is 1. The Morgan fingerprint density at radius 3 is 2.64 bits per heavy atom. The van der Waals surface area contributed by atoms with Crippen molar-refractivity contribution in [3.63, 3.8) is 0 Å². The normalized spacial score (nSPS) is 11.1. The molecule has 0 amide bonds. The predicted octanol–water partition coefficient (Wildman–Crippen LogP) is 3.48. The van der Waals surface area contributed by atoms with Crippen LogP contribution in [0, 0.1) is 5.82 Å². The first-order valence-corrected chi connectivity index (χ1v) is 7.79. The largest absolute Gasteiger partial charge is 0.497 e. The van der Waals surface area contributed by atoms with Crippen LogP contribution in [0.1, 0.15) is 22.4 Å². The molecule has 3 rings (SSSR count). The molecule has 0 saturated carbocycles. The quantitative estimate of drug-likeness (QED) is 0.425. The van der Waals surface area contributed by atoms with Gasteiger partial charge in [0.15, 0.2) is 0 Å². The summed E-state index contributed by atoms with van der Waals surface area (Å²) in [5.41, 5.74) is 2.90. The monoisotopic (exact) mass is 339 g/mol. The van der Waals surface area contributed by atoms with E-state index >= 15 is 0 Å². The van der Waals surface area contributed by atoms with Crippen LogP contribution in [0.2, 0.25) is 0 Å². The lowest BCUT2D eigenvalue weighted by atomic mass is 10.1. The van der Waals surface area contributed by atoms with Crippen LogP contribution in [0.5, 0.6) is 5.75 Å². The van der Waals surface area contributed by atoms with Gasteiger partial charge in [-0.15, -0.1) is 0 Å². The van der Waals surface area contributed by atoms with Gasteiger partial charge in [0.25, 0.3) is 0 Å². The second kappa shape index (κ2) is 7.61. The number of nitrogens with zero attached hydrogens (tertiary/aromatic N) is 3. The summed E-state index contributed by atoms with van der Waals surface area (Å²) in [5.74, 6) is 0.511. The van der Waals surface area contributed by atoms with E-state index in [9.17, 15) is 4.39 Å². The number of aromatic nitrogens is 2. The maximum atomic E-state index is 13.9. The zero-order valence-corrected chi connectivity index (χ0v) is 13.8. The number of methoxy groups -OCH3 is 1.